The van der Waals surface area contributed by atoms with Crippen molar-refractivity contribution in [2.45, 2.75) is 84.7 Å². The van der Waals surface area contributed by atoms with Crippen LogP contribution in [0.3, 0.4) is 0 Å². The van der Waals surface area contributed by atoms with E-state index in [4.69, 9.17) is 14.2 Å². The van der Waals surface area contributed by atoms with E-state index in [1.807, 2.05) is 50.2 Å². The fourth-order valence-electron chi connectivity index (χ4n) is 4.80. The first-order valence-electron chi connectivity index (χ1n) is 14.4. The highest BCUT2D eigenvalue weighted by atomic mass is 16.5. The Bertz CT molecular complexity index is 1220. The molecule has 0 aliphatic heterocycles. The summed E-state index contributed by atoms with van der Waals surface area (Å²) >= 11 is 0. The van der Waals surface area contributed by atoms with Crippen LogP contribution in [-0.2, 0) is 25.7 Å². The van der Waals surface area contributed by atoms with Gasteiger partial charge in [-0.3, -0.25) is 9.59 Å². The van der Waals surface area contributed by atoms with E-state index in [1.165, 1.54) is 19.8 Å². The van der Waals surface area contributed by atoms with Crippen molar-refractivity contribution >= 4 is 11.9 Å². The highest BCUT2D eigenvalue weighted by molar-refractivity contribution is 5.70. The molecule has 3 aromatic rings. The molecule has 6 heteroatoms. The van der Waals surface area contributed by atoms with E-state index in [0.717, 1.165) is 53.7 Å². The van der Waals surface area contributed by atoms with Gasteiger partial charge in [-0.2, -0.15) is 0 Å². The van der Waals surface area contributed by atoms with E-state index < -0.39 is 0 Å². The molecule has 0 amide bonds. The number of phenolic OH excluding ortho intramolecular Hbond substituents is 1. The summed E-state index contributed by atoms with van der Waals surface area (Å²) in [6.45, 7) is 8.69. The van der Waals surface area contributed by atoms with E-state index in [-0.39, 0.29) is 23.8 Å². The number of carbonyl (C=O) groups is 2. The number of aryl methyl sites for hydroxylation is 2. The molecule has 0 saturated heterocycles. The minimum absolute atomic E-state index is 0.157. The molecule has 0 saturated carbocycles. The predicted molar refractivity (Wildman–Crippen MR) is 163 cm³/mol. The van der Waals surface area contributed by atoms with Gasteiger partial charge in [-0.05, 0) is 78.5 Å². The third-order valence-electron chi connectivity index (χ3n) is 7.16. The van der Waals surface area contributed by atoms with Crippen LogP contribution in [0.15, 0.2) is 66.7 Å². The summed E-state index contributed by atoms with van der Waals surface area (Å²) < 4.78 is 15.5. The number of benzene rings is 3. The number of esters is 2. The van der Waals surface area contributed by atoms with Gasteiger partial charge in [0.2, 0.25) is 0 Å². The summed E-state index contributed by atoms with van der Waals surface area (Å²) in [6, 6.07) is 21.8. The van der Waals surface area contributed by atoms with Crippen molar-refractivity contribution in [3.05, 3.63) is 94.5 Å². The minimum Gasteiger partial charge on any atom is -0.508 e. The second kappa shape index (κ2) is 17.8. The Morgan fingerprint density at radius 1 is 0.732 bits per heavy atom. The highest BCUT2D eigenvalue weighted by Crippen LogP contribution is 2.30. The third-order valence-corrected chi connectivity index (χ3v) is 7.16. The van der Waals surface area contributed by atoms with Gasteiger partial charge in [0.25, 0.3) is 0 Å². The van der Waals surface area contributed by atoms with Crippen LogP contribution in [0, 0.1) is 13.8 Å². The lowest BCUT2D eigenvalue weighted by atomic mass is 9.90. The molecular weight excluding hydrogens is 516 g/mol. The number of rotatable bonds is 13. The molecule has 3 rings (SSSR count). The first-order valence-corrected chi connectivity index (χ1v) is 14.4. The monoisotopic (exact) mass is 562 g/mol. The van der Waals surface area contributed by atoms with Crippen LogP contribution in [0.5, 0.6) is 11.5 Å². The van der Waals surface area contributed by atoms with Crippen molar-refractivity contribution in [1.29, 1.82) is 0 Å². The fraction of sp³-hybridized carbons (Fsp3) is 0.429. The summed E-state index contributed by atoms with van der Waals surface area (Å²) in [5.41, 5.74) is 5.35. The number of phenols is 1. The Labute approximate surface area is 245 Å². The number of aromatic hydroxyl groups is 1. The first kappa shape index (κ1) is 33.4. The van der Waals surface area contributed by atoms with E-state index in [0.29, 0.717) is 25.2 Å². The highest BCUT2D eigenvalue weighted by Gasteiger charge is 2.18. The molecule has 0 spiro atoms. The van der Waals surface area contributed by atoms with Crippen molar-refractivity contribution in [3.63, 3.8) is 0 Å². The molecule has 0 fully saturated rings. The molecule has 41 heavy (non-hydrogen) atoms. The van der Waals surface area contributed by atoms with Crippen molar-refractivity contribution in [3.8, 4) is 11.5 Å². The Morgan fingerprint density at radius 2 is 1.24 bits per heavy atom. The normalized spacial score (nSPS) is 12.0. The van der Waals surface area contributed by atoms with Gasteiger partial charge in [-0.15, -0.1) is 0 Å². The molecule has 1 N–H and O–H groups in total. The molecule has 0 aromatic heterocycles. The van der Waals surface area contributed by atoms with E-state index in [9.17, 15) is 14.7 Å². The van der Waals surface area contributed by atoms with Gasteiger partial charge in [-0.25, -0.2) is 0 Å². The third kappa shape index (κ3) is 11.3. The fourth-order valence-corrected chi connectivity index (χ4v) is 4.80. The Hall–Kier alpha value is -3.80. The van der Waals surface area contributed by atoms with Gasteiger partial charge in [0.1, 0.15) is 18.1 Å². The summed E-state index contributed by atoms with van der Waals surface area (Å²) in [7, 11) is 2.85. The maximum atomic E-state index is 11.6. The zero-order chi connectivity index (χ0) is 30.2. The molecule has 0 radical (unpaired) electrons. The van der Waals surface area contributed by atoms with Gasteiger partial charge in [-0.1, -0.05) is 81.3 Å². The smallest absolute Gasteiger partial charge is 0.306 e. The van der Waals surface area contributed by atoms with Crippen molar-refractivity contribution < 1.29 is 28.9 Å². The van der Waals surface area contributed by atoms with Crippen molar-refractivity contribution in [2.75, 3.05) is 14.2 Å². The van der Waals surface area contributed by atoms with Crippen LogP contribution >= 0.6 is 0 Å². The van der Waals surface area contributed by atoms with Gasteiger partial charge in [0.15, 0.2) is 0 Å². The van der Waals surface area contributed by atoms with Gasteiger partial charge < -0.3 is 19.3 Å². The van der Waals surface area contributed by atoms with E-state index in [2.05, 4.69) is 38.1 Å². The van der Waals surface area contributed by atoms with Gasteiger partial charge in [0, 0.05) is 0 Å². The lowest BCUT2D eigenvalue weighted by Crippen LogP contribution is -2.09. The Balaban J connectivity index is 0.000000305. The minimum atomic E-state index is -0.186. The second-order valence-corrected chi connectivity index (χ2v) is 10.4. The average Bonchev–Trinajstić information content (AvgIpc) is 2.98. The molecular formula is C35H46O6. The standard InChI is InChI=1S/C21H26O3.C14H20O3/c1-4-8-18(14-21(22)23-3)19-11-12-20(16(2)13-19)24-15-17-9-6-5-7-10-17;1-4-5-11(9-14(16)17-3)12-6-7-13(15)10(2)8-12/h5-7,9-13,18H,4,8,14-15H2,1-3H3;6-8,11,15H,4-5,9H2,1-3H3/t18-;11-/m11/s1. The molecule has 0 unspecified atom stereocenters. The van der Waals surface area contributed by atoms with Crippen LogP contribution in [0.25, 0.3) is 0 Å². The largest absolute Gasteiger partial charge is 0.508 e. The average molecular weight is 563 g/mol. The second-order valence-electron chi connectivity index (χ2n) is 10.4. The maximum Gasteiger partial charge on any atom is 0.306 e. The maximum absolute atomic E-state index is 11.6. The Kier molecular flexibility index (Phi) is 14.5. The molecule has 6 nitrogen and oxygen atoms in total. The number of hydrogen-bond donors (Lipinski definition) is 1. The number of methoxy groups -OCH3 is 2. The predicted octanol–water partition coefficient (Wildman–Crippen LogP) is 8.17. The van der Waals surface area contributed by atoms with Crippen LogP contribution in [0.4, 0.5) is 0 Å². The first-order chi connectivity index (χ1) is 19.7. The van der Waals surface area contributed by atoms with Crippen molar-refractivity contribution in [1.82, 2.24) is 0 Å². The van der Waals surface area contributed by atoms with Gasteiger partial charge >= 0.3 is 11.9 Å². The molecule has 2 atom stereocenters. The Morgan fingerprint density at radius 3 is 1.71 bits per heavy atom. The van der Waals surface area contributed by atoms with E-state index >= 15 is 0 Å². The van der Waals surface area contributed by atoms with Crippen LogP contribution in [-0.4, -0.2) is 31.3 Å². The number of ether oxygens (including phenoxy) is 3. The quantitative estimate of drug-likeness (QED) is 0.212. The number of carbonyl (C=O) groups excluding carboxylic acids is 2. The zero-order valence-electron chi connectivity index (χ0n) is 25.4. The van der Waals surface area contributed by atoms with E-state index in [1.54, 1.807) is 6.07 Å². The van der Waals surface area contributed by atoms with Crippen molar-refractivity contribution in [2.24, 2.45) is 0 Å². The van der Waals surface area contributed by atoms with Crippen LogP contribution in [0.2, 0.25) is 0 Å². The zero-order valence-corrected chi connectivity index (χ0v) is 25.4. The molecule has 222 valence electrons. The van der Waals surface area contributed by atoms with Crippen LogP contribution < -0.4 is 4.74 Å². The van der Waals surface area contributed by atoms with Crippen LogP contribution in [0.1, 0.15) is 92.0 Å². The summed E-state index contributed by atoms with van der Waals surface area (Å²) in [5.74, 6) is 1.21. The number of hydrogen-bond acceptors (Lipinski definition) is 6. The molecule has 0 heterocycles. The SMILES string of the molecule is CCC[C@H](CC(=O)OC)c1ccc(O)c(C)c1.CCC[C@H](CC(=O)OC)c1ccc(OCc2ccccc2)c(C)c1. The molecule has 0 aliphatic carbocycles. The summed E-state index contributed by atoms with van der Waals surface area (Å²) in [6.07, 6.45) is 4.79. The summed E-state index contributed by atoms with van der Waals surface area (Å²) in [5, 5.41) is 9.49. The molecule has 0 bridgehead atoms. The summed E-state index contributed by atoms with van der Waals surface area (Å²) in [4.78, 5) is 23.0. The van der Waals surface area contributed by atoms with Gasteiger partial charge in [0.05, 0.1) is 27.1 Å². The lowest BCUT2D eigenvalue weighted by molar-refractivity contribution is -0.142. The lowest BCUT2D eigenvalue weighted by Gasteiger charge is -2.17. The topological polar surface area (TPSA) is 82.1 Å². The molecule has 3 aromatic carbocycles. The molecule has 0 aliphatic rings.